The molecule has 5 atom stereocenters. The van der Waals surface area contributed by atoms with Gasteiger partial charge < -0.3 is 29.9 Å². The van der Waals surface area contributed by atoms with Gasteiger partial charge in [-0.1, -0.05) is 0 Å². The van der Waals surface area contributed by atoms with E-state index in [4.69, 9.17) is 9.47 Å². The average Bonchev–Trinajstić information content (AvgIpc) is 2.51. The minimum absolute atomic E-state index is 0.188. The summed E-state index contributed by atoms with van der Waals surface area (Å²) in [6.07, 6.45) is 1.80. The Hall–Kier alpha value is -0.240. The van der Waals surface area contributed by atoms with Crippen molar-refractivity contribution in [2.75, 3.05) is 13.2 Å². The normalized spacial score (nSPS) is 55.3. The lowest BCUT2D eigenvalue weighted by Gasteiger charge is -2.57. The van der Waals surface area contributed by atoms with Crippen molar-refractivity contribution in [2.24, 2.45) is 23.2 Å². The molecule has 6 nitrogen and oxygen atoms in total. The Morgan fingerprint density at radius 1 is 0.870 bits per heavy atom. The van der Waals surface area contributed by atoms with Crippen molar-refractivity contribution in [3.63, 3.8) is 0 Å². The fourth-order valence-electron chi connectivity index (χ4n) is 5.93. The molecular formula is C17H28O6. The summed E-state index contributed by atoms with van der Waals surface area (Å²) in [6.45, 7) is 0.112. The van der Waals surface area contributed by atoms with Gasteiger partial charge in [0.15, 0.2) is 6.29 Å². The molecular weight excluding hydrogens is 300 g/mol. The third-order valence-corrected chi connectivity index (χ3v) is 6.57. The Morgan fingerprint density at radius 2 is 1.43 bits per heavy atom. The van der Waals surface area contributed by atoms with Crippen molar-refractivity contribution >= 4 is 0 Å². The summed E-state index contributed by atoms with van der Waals surface area (Å²) in [6, 6.07) is 0. The van der Waals surface area contributed by atoms with Crippen LogP contribution in [0.3, 0.4) is 0 Å². The van der Waals surface area contributed by atoms with Crippen LogP contribution in [0.25, 0.3) is 0 Å². The first-order valence-corrected chi connectivity index (χ1v) is 8.92. The van der Waals surface area contributed by atoms with E-state index in [2.05, 4.69) is 0 Å². The Labute approximate surface area is 136 Å². The minimum Gasteiger partial charge on any atom is -0.394 e. The molecule has 23 heavy (non-hydrogen) atoms. The predicted octanol–water partition coefficient (Wildman–Crippen LogP) is 0.0193. The molecule has 5 aliphatic rings. The van der Waals surface area contributed by atoms with E-state index in [1.807, 2.05) is 0 Å². The SMILES string of the molecule is OC[C@@H]1O[C@H](OCC23CC4CC(CC(C4)C2)C3)[C@@H](O)[C@H](O)[C@H]1O. The fraction of sp³-hybridized carbons (Fsp3) is 1.00. The highest BCUT2D eigenvalue weighted by Gasteiger charge is 2.52. The van der Waals surface area contributed by atoms with Gasteiger partial charge in [-0.25, -0.2) is 0 Å². The van der Waals surface area contributed by atoms with Crippen molar-refractivity contribution in [1.29, 1.82) is 0 Å². The quantitative estimate of drug-likeness (QED) is 0.581. The highest BCUT2D eigenvalue weighted by Crippen LogP contribution is 2.60. The van der Waals surface area contributed by atoms with Crippen LogP contribution in [0, 0.1) is 23.2 Å². The van der Waals surface area contributed by atoms with E-state index >= 15 is 0 Å². The largest absolute Gasteiger partial charge is 0.394 e. The van der Waals surface area contributed by atoms with Crippen molar-refractivity contribution in [1.82, 2.24) is 0 Å². The van der Waals surface area contributed by atoms with Gasteiger partial charge in [0.1, 0.15) is 24.4 Å². The zero-order valence-corrected chi connectivity index (χ0v) is 13.4. The van der Waals surface area contributed by atoms with Crippen LogP contribution in [0.4, 0.5) is 0 Å². The van der Waals surface area contributed by atoms with Crippen molar-refractivity contribution < 1.29 is 29.9 Å². The Morgan fingerprint density at radius 3 is 1.96 bits per heavy atom. The summed E-state index contributed by atoms with van der Waals surface area (Å²) in [5.41, 5.74) is 0.188. The molecule has 4 N–H and O–H groups in total. The average molecular weight is 328 g/mol. The first-order chi connectivity index (χ1) is 11.0. The topological polar surface area (TPSA) is 99.4 Å². The summed E-state index contributed by atoms with van der Waals surface area (Å²) < 4.78 is 11.3. The first-order valence-electron chi connectivity index (χ1n) is 8.92. The lowest BCUT2D eigenvalue weighted by atomic mass is 9.50. The van der Waals surface area contributed by atoms with E-state index in [1.54, 1.807) is 0 Å². The Kier molecular flexibility index (Phi) is 4.19. The van der Waals surface area contributed by atoms with Gasteiger partial charge in [0, 0.05) is 0 Å². The third kappa shape index (κ3) is 2.83. The number of rotatable bonds is 4. The first kappa shape index (κ1) is 16.2. The Bertz CT molecular complexity index is 404. The molecule has 0 radical (unpaired) electrons. The molecule has 1 heterocycles. The molecule has 4 aliphatic carbocycles. The van der Waals surface area contributed by atoms with Crippen LogP contribution < -0.4 is 0 Å². The number of hydrogen-bond acceptors (Lipinski definition) is 6. The van der Waals surface area contributed by atoms with Gasteiger partial charge in [-0.05, 0) is 61.7 Å². The molecule has 1 saturated heterocycles. The third-order valence-electron chi connectivity index (χ3n) is 6.57. The molecule has 0 aromatic carbocycles. The van der Waals surface area contributed by atoms with Gasteiger partial charge >= 0.3 is 0 Å². The molecule has 5 fully saturated rings. The number of hydrogen-bond donors (Lipinski definition) is 4. The number of aliphatic hydroxyl groups is 4. The van der Waals surface area contributed by atoms with Crippen LogP contribution in [0.1, 0.15) is 38.5 Å². The molecule has 4 bridgehead atoms. The van der Waals surface area contributed by atoms with E-state index < -0.39 is 37.3 Å². The lowest BCUT2D eigenvalue weighted by Crippen LogP contribution is -2.60. The zero-order chi connectivity index (χ0) is 16.2. The maximum Gasteiger partial charge on any atom is 0.186 e. The van der Waals surface area contributed by atoms with Crippen LogP contribution in [-0.4, -0.2) is 64.3 Å². The Balaban J connectivity index is 1.40. The molecule has 0 unspecified atom stereocenters. The number of aliphatic hydroxyl groups excluding tert-OH is 4. The molecule has 4 saturated carbocycles. The molecule has 0 aromatic rings. The van der Waals surface area contributed by atoms with E-state index in [0.717, 1.165) is 17.8 Å². The smallest absolute Gasteiger partial charge is 0.186 e. The zero-order valence-electron chi connectivity index (χ0n) is 13.4. The van der Waals surface area contributed by atoms with Gasteiger partial charge in [-0.15, -0.1) is 0 Å². The van der Waals surface area contributed by atoms with Crippen molar-refractivity contribution in [2.45, 2.75) is 69.2 Å². The summed E-state index contributed by atoms with van der Waals surface area (Å²) in [5.74, 6) is 2.46. The summed E-state index contributed by atoms with van der Waals surface area (Å²) in [5, 5.41) is 39.0. The lowest BCUT2D eigenvalue weighted by molar-refractivity contribution is -0.309. The summed E-state index contributed by atoms with van der Waals surface area (Å²) in [4.78, 5) is 0. The van der Waals surface area contributed by atoms with Gasteiger partial charge in [0.2, 0.25) is 0 Å². The molecule has 6 heteroatoms. The maximum atomic E-state index is 10.1. The highest BCUT2D eigenvalue weighted by molar-refractivity contribution is 5.01. The van der Waals surface area contributed by atoms with Crippen LogP contribution in [0.15, 0.2) is 0 Å². The van der Waals surface area contributed by atoms with Gasteiger partial charge in [0.05, 0.1) is 13.2 Å². The highest BCUT2D eigenvalue weighted by atomic mass is 16.7. The van der Waals surface area contributed by atoms with Crippen LogP contribution in [0.2, 0.25) is 0 Å². The molecule has 132 valence electrons. The molecule has 5 rings (SSSR count). The van der Waals surface area contributed by atoms with Gasteiger partial charge in [-0.3, -0.25) is 0 Å². The monoisotopic (exact) mass is 328 g/mol. The molecule has 0 spiro atoms. The standard InChI is InChI=1S/C17H28O6/c18-7-12-13(19)14(20)15(21)16(23-12)22-8-17-4-9-1-10(5-17)3-11(2-9)6-17/h9-16,18-21H,1-8H2/t9?,10?,11?,12-,13-,14+,15-,16-,17?/m0/s1. The van der Waals surface area contributed by atoms with Crippen LogP contribution >= 0.6 is 0 Å². The molecule has 0 aromatic heterocycles. The summed E-state index contributed by atoms with van der Waals surface area (Å²) in [7, 11) is 0. The fourth-order valence-corrected chi connectivity index (χ4v) is 5.93. The molecule has 1 aliphatic heterocycles. The van der Waals surface area contributed by atoms with Crippen molar-refractivity contribution in [3.8, 4) is 0 Å². The van der Waals surface area contributed by atoms with Crippen LogP contribution in [-0.2, 0) is 9.47 Å². The second kappa shape index (κ2) is 5.93. The van der Waals surface area contributed by atoms with Gasteiger partial charge in [0.25, 0.3) is 0 Å². The summed E-state index contributed by atoms with van der Waals surface area (Å²) >= 11 is 0. The number of ether oxygens (including phenoxy) is 2. The molecule has 0 amide bonds. The van der Waals surface area contributed by atoms with Gasteiger partial charge in [-0.2, -0.15) is 0 Å². The van der Waals surface area contributed by atoms with E-state index in [9.17, 15) is 20.4 Å². The predicted molar refractivity (Wildman–Crippen MR) is 80.3 cm³/mol. The van der Waals surface area contributed by atoms with E-state index in [-0.39, 0.29) is 5.41 Å². The van der Waals surface area contributed by atoms with Crippen LogP contribution in [0.5, 0.6) is 0 Å². The van der Waals surface area contributed by atoms with E-state index in [0.29, 0.717) is 6.61 Å². The van der Waals surface area contributed by atoms with Crippen molar-refractivity contribution in [3.05, 3.63) is 0 Å². The maximum absolute atomic E-state index is 10.1. The second-order valence-electron chi connectivity index (χ2n) is 8.43. The second-order valence-corrected chi connectivity index (χ2v) is 8.43. The minimum atomic E-state index is -1.36. The van der Waals surface area contributed by atoms with E-state index in [1.165, 1.54) is 38.5 Å².